The van der Waals surface area contributed by atoms with Gasteiger partial charge in [0.25, 0.3) is 0 Å². The quantitative estimate of drug-likeness (QED) is 0.315. The highest BCUT2D eigenvalue weighted by Crippen LogP contribution is 2.28. The number of fused-ring (bicyclic) bond motifs is 1. The summed E-state index contributed by atoms with van der Waals surface area (Å²) in [6.07, 6.45) is 4.56. The van der Waals surface area contributed by atoms with Gasteiger partial charge in [-0.05, 0) is 48.9 Å². The normalized spacial score (nSPS) is 11.2. The second kappa shape index (κ2) is 8.82. The lowest BCUT2D eigenvalue weighted by Gasteiger charge is -2.05. The summed E-state index contributed by atoms with van der Waals surface area (Å²) in [6, 6.07) is 15.3. The van der Waals surface area contributed by atoms with Crippen LogP contribution in [-0.2, 0) is 6.54 Å². The van der Waals surface area contributed by atoms with Crippen LogP contribution in [-0.4, -0.2) is 26.3 Å². The van der Waals surface area contributed by atoms with Crippen LogP contribution in [0.3, 0.4) is 0 Å². The first kappa shape index (κ1) is 20.8. The molecule has 8 heteroatoms. The third-order valence-corrected chi connectivity index (χ3v) is 5.14. The van der Waals surface area contributed by atoms with Crippen LogP contribution in [0, 0.1) is 11.6 Å². The largest absolute Gasteiger partial charge is 0.494 e. The molecular formula is C25H20F2N4O2. The van der Waals surface area contributed by atoms with Gasteiger partial charge in [0, 0.05) is 24.0 Å². The second-order valence-corrected chi connectivity index (χ2v) is 7.59. The highest BCUT2D eigenvalue weighted by Gasteiger charge is 2.18. The molecule has 2 aliphatic heterocycles. The number of aromatic nitrogens is 4. The van der Waals surface area contributed by atoms with Crippen molar-refractivity contribution in [1.29, 1.82) is 0 Å². The first-order valence-corrected chi connectivity index (χ1v) is 10.6. The van der Waals surface area contributed by atoms with Crippen molar-refractivity contribution in [3.05, 3.63) is 84.4 Å². The summed E-state index contributed by atoms with van der Waals surface area (Å²) in [5.41, 5.74) is 2.85. The molecule has 2 aliphatic rings. The lowest BCUT2D eigenvalue weighted by molar-refractivity contribution is 0.317. The molecule has 2 aromatic carbocycles. The molecule has 0 spiro atoms. The Morgan fingerprint density at radius 1 is 0.970 bits per heavy atom. The molecule has 33 heavy (non-hydrogen) atoms. The van der Waals surface area contributed by atoms with E-state index in [9.17, 15) is 8.78 Å². The minimum atomic E-state index is -0.958. The van der Waals surface area contributed by atoms with Crippen molar-refractivity contribution in [3.8, 4) is 39.8 Å². The van der Waals surface area contributed by atoms with E-state index in [0.717, 1.165) is 29.5 Å². The highest BCUT2D eigenvalue weighted by atomic mass is 19.2. The lowest BCUT2D eigenvalue weighted by atomic mass is 10.1. The van der Waals surface area contributed by atoms with Crippen LogP contribution in [0.4, 0.5) is 8.78 Å². The first-order chi connectivity index (χ1) is 16.1. The van der Waals surface area contributed by atoms with Crippen LogP contribution in [0.2, 0.25) is 0 Å². The number of hydrogen-bond donors (Lipinski definition) is 0. The zero-order valence-electron chi connectivity index (χ0n) is 17.8. The van der Waals surface area contributed by atoms with E-state index in [1.807, 2.05) is 41.1 Å². The third-order valence-electron chi connectivity index (χ3n) is 5.14. The van der Waals surface area contributed by atoms with Gasteiger partial charge in [-0.15, -0.1) is 0 Å². The van der Waals surface area contributed by atoms with E-state index in [-0.39, 0.29) is 11.4 Å². The molecule has 0 amide bonds. The van der Waals surface area contributed by atoms with Crippen LogP contribution in [0.5, 0.6) is 5.75 Å². The monoisotopic (exact) mass is 446 g/mol. The van der Waals surface area contributed by atoms with Gasteiger partial charge < -0.3 is 13.8 Å². The van der Waals surface area contributed by atoms with Gasteiger partial charge in [0.05, 0.1) is 24.4 Å². The Hall–Kier alpha value is -4.07. The fourth-order valence-corrected chi connectivity index (χ4v) is 3.49. The predicted octanol–water partition coefficient (Wildman–Crippen LogP) is 5.82. The summed E-state index contributed by atoms with van der Waals surface area (Å²) >= 11 is 0. The number of pyridine rings is 1. The van der Waals surface area contributed by atoms with Crippen LogP contribution in [0.1, 0.15) is 19.1 Å². The number of hydrogen-bond acceptors (Lipinski definition) is 5. The number of nitrogens with zero attached hydrogens (tertiary/aromatic N) is 4. The maximum absolute atomic E-state index is 14.1. The Bertz CT molecular complexity index is 1360. The summed E-state index contributed by atoms with van der Waals surface area (Å²) < 4.78 is 40.7. The summed E-state index contributed by atoms with van der Waals surface area (Å²) in [4.78, 5) is 8.70. The Labute approximate surface area is 188 Å². The number of rotatable bonds is 7. The van der Waals surface area contributed by atoms with Crippen LogP contribution >= 0.6 is 0 Å². The number of imidazole rings is 1. The summed E-state index contributed by atoms with van der Waals surface area (Å²) in [7, 11) is 0. The van der Waals surface area contributed by atoms with E-state index in [2.05, 4.69) is 22.0 Å². The molecule has 0 atom stereocenters. The van der Waals surface area contributed by atoms with Crippen LogP contribution in [0.15, 0.2) is 71.5 Å². The topological polar surface area (TPSA) is 66.0 Å². The van der Waals surface area contributed by atoms with E-state index >= 15 is 0 Å². The van der Waals surface area contributed by atoms with Crippen molar-refractivity contribution in [2.24, 2.45) is 0 Å². The van der Waals surface area contributed by atoms with E-state index in [1.165, 1.54) is 12.1 Å². The summed E-state index contributed by atoms with van der Waals surface area (Å²) in [6.45, 7) is 3.17. The molecule has 3 heterocycles. The molecule has 166 valence electrons. The Morgan fingerprint density at radius 3 is 2.61 bits per heavy atom. The van der Waals surface area contributed by atoms with Gasteiger partial charge in [0.2, 0.25) is 0 Å². The van der Waals surface area contributed by atoms with Crippen molar-refractivity contribution in [1.82, 2.24) is 19.7 Å². The van der Waals surface area contributed by atoms with Crippen LogP contribution < -0.4 is 4.74 Å². The fourth-order valence-electron chi connectivity index (χ4n) is 3.49. The van der Waals surface area contributed by atoms with Gasteiger partial charge >= 0.3 is 0 Å². The molecule has 0 N–H and O–H groups in total. The smallest absolute Gasteiger partial charge is 0.169 e. The molecule has 5 rings (SSSR count). The number of ether oxygens (including phenoxy) is 1. The molecule has 1 aromatic heterocycles. The van der Waals surface area contributed by atoms with Crippen molar-refractivity contribution in [2.45, 2.75) is 19.9 Å². The van der Waals surface area contributed by atoms with E-state index in [0.29, 0.717) is 30.3 Å². The van der Waals surface area contributed by atoms with E-state index in [4.69, 9.17) is 9.26 Å². The summed E-state index contributed by atoms with van der Waals surface area (Å²) in [5, 5.41) is 4.16. The summed E-state index contributed by atoms with van der Waals surface area (Å²) in [5.74, 6) is -0.258. The van der Waals surface area contributed by atoms with Crippen molar-refractivity contribution >= 4 is 0 Å². The zero-order valence-corrected chi connectivity index (χ0v) is 17.8. The minimum Gasteiger partial charge on any atom is -0.494 e. The van der Waals surface area contributed by atoms with Gasteiger partial charge in [-0.3, -0.25) is 0 Å². The maximum atomic E-state index is 14.1. The number of halogens is 2. The Morgan fingerprint density at radius 2 is 1.79 bits per heavy atom. The maximum Gasteiger partial charge on any atom is 0.169 e. The van der Waals surface area contributed by atoms with Crippen molar-refractivity contribution in [3.63, 3.8) is 0 Å². The average molecular weight is 446 g/mol. The number of benzene rings is 2. The lowest BCUT2D eigenvalue weighted by Crippen LogP contribution is -1.99. The van der Waals surface area contributed by atoms with Crippen molar-refractivity contribution in [2.75, 3.05) is 6.61 Å². The molecule has 0 aliphatic carbocycles. The molecule has 3 aromatic rings. The van der Waals surface area contributed by atoms with Gasteiger partial charge in [-0.1, -0.05) is 18.1 Å². The van der Waals surface area contributed by atoms with E-state index < -0.39 is 11.6 Å². The molecule has 6 nitrogen and oxygen atoms in total. The standard InChI is InChI=1S/C25H20F2N4O2/c1-2-12-32-17-8-6-16(7-9-17)22-13-18(33-30-22)14-31-11-10-21-23(15-31)29-25(28-21)19-4-3-5-20(26)24(19)27/h3-11,13,15H,2,12,14H2,1H3. The van der Waals surface area contributed by atoms with Gasteiger partial charge in [0.15, 0.2) is 23.2 Å². The van der Waals surface area contributed by atoms with Crippen molar-refractivity contribution < 1.29 is 18.0 Å². The zero-order chi connectivity index (χ0) is 22.8. The molecular weight excluding hydrogens is 426 g/mol. The minimum absolute atomic E-state index is 0.0312. The van der Waals surface area contributed by atoms with Gasteiger partial charge in [-0.2, -0.15) is 0 Å². The Kier molecular flexibility index (Phi) is 5.56. The van der Waals surface area contributed by atoms with Crippen LogP contribution in [0.25, 0.3) is 34.0 Å². The van der Waals surface area contributed by atoms with Gasteiger partial charge in [-0.25, -0.2) is 18.7 Å². The SMILES string of the molecule is CCCOc1ccc(-c2cc(Cn3ccc4nc(-c5cccc(F)c5F)nc-4c3)on2)cc1. The van der Waals surface area contributed by atoms with Gasteiger partial charge in [0.1, 0.15) is 17.1 Å². The molecule has 0 fully saturated rings. The predicted molar refractivity (Wildman–Crippen MR) is 119 cm³/mol. The third kappa shape index (κ3) is 4.32. The fraction of sp³-hybridized carbons (Fsp3) is 0.160. The first-order valence-electron chi connectivity index (χ1n) is 10.6. The Balaban J connectivity index is 1.34. The molecule has 0 saturated heterocycles. The molecule has 0 radical (unpaired) electrons. The van der Waals surface area contributed by atoms with E-state index in [1.54, 1.807) is 12.3 Å². The highest BCUT2D eigenvalue weighted by molar-refractivity contribution is 5.66. The average Bonchev–Trinajstić information content (AvgIpc) is 3.47. The second-order valence-electron chi connectivity index (χ2n) is 7.59. The molecule has 0 unspecified atom stereocenters. The molecule has 0 saturated carbocycles. The molecule has 0 bridgehead atoms.